The number of carbonyl (C=O) groups is 1. The van der Waals surface area contributed by atoms with Crippen molar-refractivity contribution < 1.29 is 14.3 Å². The van der Waals surface area contributed by atoms with Gasteiger partial charge in [0.25, 0.3) is 0 Å². The van der Waals surface area contributed by atoms with Gasteiger partial charge in [-0.2, -0.15) is 0 Å². The molecule has 25 heavy (non-hydrogen) atoms. The zero-order valence-corrected chi connectivity index (χ0v) is 15.3. The third-order valence-electron chi connectivity index (χ3n) is 4.07. The Hall–Kier alpha value is -2.69. The second-order valence-corrected chi connectivity index (χ2v) is 5.84. The van der Waals surface area contributed by atoms with Crippen LogP contribution in [0.15, 0.2) is 42.5 Å². The predicted octanol–water partition coefficient (Wildman–Crippen LogP) is 4.11. The van der Waals surface area contributed by atoms with E-state index in [9.17, 15) is 4.79 Å². The zero-order valence-electron chi connectivity index (χ0n) is 15.3. The zero-order chi connectivity index (χ0) is 18.2. The van der Waals surface area contributed by atoms with Crippen LogP contribution in [0.5, 0.6) is 11.5 Å². The fourth-order valence-corrected chi connectivity index (χ4v) is 2.48. The molecule has 134 valence electrons. The largest absolute Gasteiger partial charge is 0.497 e. The molecule has 0 atom stereocenters. The second-order valence-electron chi connectivity index (χ2n) is 5.84. The summed E-state index contributed by atoms with van der Waals surface area (Å²) in [6.07, 6.45) is 0.877. The molecule has 0 fully saturated rings. The Balaban J connectivity index is 1.86. The molecule has 0 heterocycles. The van der Waals surface area contributed by atoms with Crippen LogP contribution in [-0.4, -0.2) is 38.2 Å². The Morgan fingerprint density at radius 1 is 1.12 bits per heavy atom. The molecule has 0 spiro atoms. The van der Waals surface area contributed by atoms with E-state index in [-0.39, 0.29) is 6.03 Å². The van der Waals surface area contributed by atoms with Crippen LogP contribution in [0.25, 0.3) is 0 Å². The Morgan fingerprint density at radius 3 is 2.44 bits per heavy atom. The molecule has 0 aliphatic heterocycles. The average Bonchev–Trinajstić information content (AvgIpc) is 2.63. The molecule has 0 aliphatic carbocycles. The summed E-state index contributed by atoms with van der Waals surface area (Å²) in [4.78, 5) is 14.0. The number of likely N-dealkylation sites (N-methyl/N-ethyl adjacent to an activating group) is 1. The monoisotopic (exact) mass is 342 g/mol. The van der Waals surface area contributed by atoms with Crippen LogP contribution in [0.4, 0.5) is 10.5 Å². The van der Waals surface area contributed by atoms with E-state index in [1.54, 1.807) is 19.1 Å². The van der Waals surface area contributed by atoms with E-state index in [2.05, 4.69) is 12.2 Å². The lowest BCUT2D eigenvalue weighted by molar-refractivity contribution is 0.207. The molecule has 2 rings (SSSR count). The van der Waals surface area contributed by atoms with E-state index < -0.39 is 0 Å². The van der Waals surface area contributed by atoms with Gasteiger partial charge in [0, 0.05) is 12.7 Å². The standard InChI is InChI=1S/C20H26N2O3/c1-5-16-8-6-7-15(2)19(16)21-20(23)22(3)13-14-25-18-11-9-17(24-4)10-12-18/h6-12H,5,13-14H2,1-4H3,(H,21,23). The maximum atomic E-state index is 12.4. The normalized spacial score (nSPS) is 10.2. The predicted molar refractivity (Wildman–Crippen MR) is 101 cm³/mol. The summed E-state index contributed by atoms with van der Waals surface area (Å²) in [5, 5.41) is 3.01. The van der Waals surface area contributed by atoms with Crippen LogP contribution in [-0.2, 0) is 6.42 Å². The van der Waals surface area contributed by atoms with Gasteiger partial charge in [-0.15, -0.1) is 0 Å². The lowest BCUT2D eigenvalue weighted by Crippen LogP contribution is -2.35. The number of aryl methyl sites for hydroxylation is 2. The van der Waals surface area contributed by atoms with Crippen molar-refractivity contribution >= 4 is 11.7 Å². The quantitative estimate of drug-likeness (QED) is 0.824. The summed E-state index contributed by atoms with van der Waals surface area (Å²) in [7, 11) is 3.39. The van der Waals surface area contributed by atoms with Crippen LogP contribution in [0.2, 0.25) is 0 Å². The fraction of sp³-hybridized carbons (Fsp3) is 0.350. The molecule has 2 aromatic rings. The molecule has 2 aromatic carbocycles. The first-order valence-electron chi connectivity index (χ1n) is 8.42. The van der Waals surface area contributed by atoms with E-state index in [1.165, 1.54) is 0 Å². The van der Waals surface area contributed by atoms with Crippen molar-refractivity contribution in [3.63, 3.8) is 0 Å². The molecule has 0 aromatic heterocycles. The highest BCUT2D eigenvalue weighted by Crippen LogP contribution is 2.21. The van der Waals surface area contributed by atoms with Crippen molar-refractivity contribution in [2.24, 2.45) is 0 Å². The molecule has 5 nitrogen and oxygen atoms in total. The van der Waals surface area contributed by atoms with Crippen molar-refractivity contribution in [1.29, 1.82) is 0 Å². The number of para-hydroxylation sites is 1. The SMILES string of the molecule is CCc1cccc(C)c1NC(=O)N(C)CCOc1ccc(OC)cc1. The number of urea groups is 1. The number of nitrogens with zero attached hydrogens (tertiary/aromatic N) is 1. The van der Waals surface area contributed by atoms with Gasteiger partial charge in [-0.25, -0.2) is 4.79 Å². The van der Waals surface area contributed by atoms with Gasteiger partial charge in [0.2, 0.25) is 0 Å². The van der Waals surface area contributed by atoms with Crippen molar-refractivity contribution in [2.75, 3.05) is 32.6 Å². The van der Waals surface area contributed by atoms with Crippen molar-refractivity contribution in [1.82, 2.24) is 4.90 Å². The highest BCUT2D eigenvalue weighted by Gasteiger charge is 2.12. The molecule has 0 unspecified atom stereocenters. The van der Waals surface area contributed by atoms with Crippen LogP contribution < -0.4 is 14.8 Å². The average molecular weight is 342 g/mol. The first-order chi connectivity index (χ1) is 12.0. The third kappa shape index (κ3) is 5.14. The number of amides is 2. The highest BCUT2D eigenvalue weighted by molar-refractivity contribution is 5.90. The number of rotatable bonds is 7. The summed E-state index contributed by atoms with van der Waals surface area (Å²) in [6.45, 7) is 4.99. The minimum Gasteiger partial charge on any atom is -0.497 e. The summed E-state index contributed by atoms with van der Waals surface area (Å²) in [5.41, 5.74) is 3.10. The maximum absolute atomic E-state index is 12.4. The Bertz CT molecular complexity index is 699. The van der Waals surface area contributed by atoms with E-state index in [0.29, 0.717) is 13.2 Å². The van der Waals surface area contributed by atoms with Gasteiger partial charge < -0.3 is 19.7 Å². The molecule has 0 saturated heterocycles. The number of benzene rings is 2. The molecule has 1 N–H and O–H groups in total. The smallest absolute Gasteiger partial charge is 0.321 e. The first-order valence-corrected chi connectivity index (χ1v) is 8.42. The molecule has 5 heteroatoms. The first kappa shape index (κ1) is 18.6. The number of nitrogens with one attached hydrogen (secondary N) is 1. The highest BCUT2D eigenvalue weighted by atomic mass is 16.5. The lowest BCUT2D eigenvalue weighted by Gasteiger charge is -2.20. The van der Waals surface area contributed by atoms with Gasteiger partial charge in [-0.05, 0) is 48.7 Å². The van der Waals surface area contributed by atoms with Crippen molar-refractivity contribution in [3.05, 3.63) is 53.6 Å². The number of hydrogen-bond donors (Lipinski definition) is 1. The van der Waals surface area contributed by atoms with Crippen LogP contribution >= 0.6 is 0 Å². The van der Waals surface area contributed by atoms with E-state index in [1.807, 2.05) is 49.4 Å². The summed E-state index contributed by atoms with van der Waals surface area (Å²) < 4.78 is 10.8. The Morgan fingerprint density at radius 2 is 1.80 bits per heavy atom. The molecule has 0 radical (unpaired) electrons. The topological polar surface area (TPSA) is 50.8 Å². The third-order valence-corrected chi connectivity index (χ3v) is 4.07. The minimum absolute atomic E-state index is 0.137. The van der Waals surface area contributed by atoms with E-state index in [0.717, 1.165) is 34.7 Å². The summed E-state index contributed by atoms with van der Waals surface area (Å²) in [5.74, 6) is 1.54. The molecule has 0 bridgehead atoms. The van der Waals surface area contributed by atoms with Gasteiger partial charge in [-0.1, -0.05) is 25.1 Å². The van der Waals surface area contributed by atoms with Gasteiger partial charge in [-0.3, -0.25) is 0 Å². The van der Waals surface area contributed by atoms with Gasteiger partial charge in [0.15, 0.2) is 0 Å². The van der Waals surface area contributed by atoms with E-state index in [4.69, 9.17) is 9.47 Å². The van der Waals surface area contributed by atoms with Crippen LogP contribution in [0.3, 0.4) is 0 Å². The van der Waals surface area contributed by atoms with Crippen LogP contribution in [0.1, 0.15) is 18.1 Å². The molecule has 0 aliphatic rings. The van der Waals surface area contributed by atoms with Gasteiger partial charge in [0.05, 0.1) is 13.7 Å². The number of methoxy groups -OCH3 is 1. The Labute approximate surface area is 149 Å². The minimum atomic E-state index is -0.137. The number of anilines is 1. The molecular weight excluding hydrogens is 316 g/mol. The van der Waals surface area contributed by atoms with E-state index >= 15 is 0 Å². The Kier molecular flexibility index (Phi) is 6.69. The fourth-order valence-electron chi connectivity index (χ4n) is 2.48. The van der Waals surface area contributed by atoms with Gasteiger partial charge >= 0.3 is 6.03 Å². The number of ether oxygens (including phenoxy) is 2. The molecular formula is C20H26N2O3. The van der Waals surface area contributed by atoms with Crippen LogP contribution in [0, 0.1) is 6.92 Å². The molecule has 0 saturated carbocycles. The van der Waals surface area contributed by atoms with Gasteiger partial charge in [0.1, 0.15) is 18.1 Å². The lowest BCUT2D eigenvalue weighted by atomic mass is 10.1. The van der Waals surface area contributed by atoms with Crippen molar-refractivity contribution in [2.45, 2.75) is 20.3 Å². The second kappa shape index (κ2) is 8.97. The van der Waals surface area contributed by atoms with Crippen molar-refractivity contribution in [3.8, 4) is 11.5 Å². The summed E-state index contributed by atoms with van der Waals surface area (Å²) in [6, 6.07) is 13.3. The number of carbonyl (C=O) groups excluding carboxylic acids is 1. The number of hydrogen-bond acceptors (Lipinski definition) is 3. The molecule has 2 amide bonds. The maximum Gasteiger partial charge on any atom is 0.321 e. The summed E-state index contributed by atoms with van der Waals surface area (Å²) >= 11 is 0.